The van der Waals surface area contributed by atoms with E-state index in [-0.39, 0.29) is 12.0 Å². The molecule has 1 aliphatic rings. The van der Waals surface area contributed by atoms with E-state index < -0.39 is 0 Å². The molecular weight excluding hydrogens is 292 g/mol. The lowest BCUT2D eigenvalue weighted by Crippen LogP contribution is -2.23. The van der Waals surface area contributed by atoms with Gasteiger partial charge < -0.3 is 15.4 Å². The highest BCUT2D eigenvalue weighted by molar-refractivity contribution is 5.99. The Morgan fingerprint density at radius 3 is 2.96 bits per heavy atom. The number of nitrogen functional groups attached to an aromatic ring is 1. The second-order valence-corrected chi connectivity index (χ2v) is 5.76. The van der Waals surface area contributed by atoms with E-state index in [1.807, 2.05) is 18.2 Å². The molecular formula is C16H18N6O. The van der Waals surface area contributed by atoms with Crippen LogP contribution in [0.4, 0.5) is 11.5 Å². The largest absolute Gasteiger partial charge is 0.398 e. The van der Waals surface area contributed by atoms with E-state index in [1.54, 1.807) is 19.5 Å². The minimum Gasteiger partial charge on any atom is -0.398 e. The summed E-state index contributed by atoms with van der Waals surface area (Å²) in [5.74, 6) is 1.10. The Hall–Kier alpha value is -2.67. The fraction of sp³-hybridized carbons (Fsp3) is 0.312. The monoisotopic (exact) mass is 310 g/mol. The summed E-state index contributed by atoms with van der Waals surface area (Å²) in [6.07, 6.45) is 3.62. The number of H-pyrrole nitrogens is 1. The van der Waals surface area contributed by atoms with Gasteiger partial charge in [-0.05, 0) is 12.1 Å². The highest BCUT2D eigenvalue weighted by Crippen LogP contribution is 2.34. The minimum absolute atomic E-state index is 0.0539. The number of anilines is 2. The summed E-state index contributed by atoms with van der Waals surface area (Å²) in [7, 11) is 1.73. The van der Waals surface area contributed by atoms with Gasteiger partial charge in [0.2, 0.25) is 0 Å². The maximum atomic E-state index is 6.09. The van der Waals surface area contributed by atoms with E-state index in [0.717, 1.165) is 41.1 Å². The Morgan fingerprint density at radius 2 is 2.17 bits per heavy atom. The third-order valence-corrected chi connectivity index (χ3v) is 4.50. The van der Waals surface area contributed by atoms with E-state index in [4.69, 9.17) is 10.5 Å². The number of hydrogen-bond acceptors (Lipinski definition) is 6. The average Bonchev–Trinajstić information content (AvgIpc) is 3.24. The van der Waals surface area contributed by atoms with Crippen molar-refractivity contribution in [3.63, 3.8) is 0 Å². The molecule has 23 heavy (non-hydrogen) atoms. The van der Waals surface area contributed by atoms with Crippen molar-refractivity contribution in [2.75, 3.05) is 30.8 Å². The molecule has 3 N–H and O–H groups in total. The smallest absolute Gasteiger partial charge is 0.136 e. The van der Waals surface area contributed by atoms with Gasteiger partial charge in [0.1, 0.15) is 5.82 Å². The van der Waals surface area contributed by atoms with E-state index in [2.05, 4.69) is 31.4 Å². The van der Waals surface area contributed by atoms with Crippen LogP contribution >= 0.6 is 0 Å². The van der Waals surface area contributed by atoms with Gasteiger partial charge in [-0.1, -0.05) is 12.1 Å². The highest BCUT2D eigenvalue weighted by Gasteiger charge is 2.36. The first-order valence-corrected chi connectivity index (χ1v) is 7.54. The number of aromatic nitrogens is 4. The molecule has 0 spiro atoms. The molecule has 4 rings (SSSR count). The predicted octanol–water partition coefficient (Wildman–Crippen LogP) is 1.55. The van der Waals surface area contributed by atoms with Crippen molar-refractivity contribution in [1.82, 2.24) is 20.4 Å². The standard InChI is InChI=1S/C16H18N6O/c1-23-15-9-22(8-12(15)14-7-19-21-20-14)16-11-3-2-4-13(17)10(11)5-6-18-16/h2-7,12,15H,8-9,17H2,1H3,(H,19,20,21)/t12-,15+/m0/s1. The van der Waals surface area contributed by atoms with Gasteiger partial charge in [0.15, 0.2) is 0 Å². The highest BCUT2D eigenvalue weighted by atomic mass is 16.5. The zero-order valence-electron chi connectivity index (χ0n) is 12.8. The molecule has 3 heterocycles. The summed E-state index contributed by atoms with van der Waals surface area (Å²) in [5, 5.41) is 12.9. The van der Waals surface area contributed by atoms with Crippen LogP contribution < -0.4 is 10.6 Å². The Morgan fingerprint density at radius 1 is 1.26 bits per heavy atom. The molecule has 0 aliphatic carbocycles. The number of aromatic amines is 1. The fourth-order valence-corrected chi connectivity index (χ4v) is 3.33. The summed E-state index contributed by atoms with van der Waals surface area (Å²) in [5.41, 5.74) is 7.77. The van der Waals surface area contributed by atoms with Crippen LogP contribution in [0.2, 0.25) is 0 Å². The maximum Gasteiger partial charge on any atom is 0.136 e. The number of fused-ring (bicyclic) bond motifs is 1. The van der Waals surface area contributed by atoms with Crippen molar-refractivity contribution in [2.24, 2.45) is 0 Å². The maximum absolute atomic E-state index is 6.09. The lowest BCUT2D eigenvalue weighted by atomic mass is 10.0. The van der Waals surface area contributed by atoms with Crippen LogP contribution in [-0.2, 0) is 4.74 Å². The molecule has 2 aromatic heterocycles. The van der Waals surface area contributed by atoms with Crippen molar-refractivity contribution in [3.05, 3.63) is 42.4 Å². The second-order valence-electron chi connectivity index (χ2n) is 5.76. The van der Waals surface area contributed by atoms with Crippen LogP contribution in [0.3, 0.4) is 0 Å². The Kier molecular flexibility index (Phi) is 3.34. The molecule has 3 aromatic rings. The SMILES string of the molecule is CO[C@@H]1CN(c2nccc3c(N)cccc23)C[C@H]1c1cn[nH]n1. The second kappa shape index (κ2) is 5.51. The molecule has 7 heteroatoms. The van der Waals surface area contributed by atoms with Gasteiger partial charge >= 0.3 is 0 Å². The molecule has 1 aliphatic heterocycles. The van der Waals surface area contributed by atoms with Gasteiger partial charge in [0.25, 0.3) is 0 Å². The first-order chi connectivity index (χ1) is 11.3. The van der Waals surface area contributed by atoms with Crippen molar-refractivity contribution in [2.45, 2.75) is 12.0 Å². The number of benzene rings is 1. The lowest BCUT2D eigenvalue weighted by molar-refractivity contribution is 0.105. The molecule has 1 aromatic carbocycles. The van der Waals surface area contributed by atoms with Crippen molar-refractivity contribution in [1.29, 1.82) is 0 Å². The quantitative estimate of drug-likeness (QED) is 0.713. The molecule has 7 nitrogen and oxygen atoms in total. The number of nitrogens with zero attached hydrogens (tertiary/aromatic N) is 4. The number of nitrogens with one attached hydrogen (secondary N) is 1. The number of ether oxygens (including phenoxy) is 1. The molecule has 0 amide bonds. The molecule has 118 valence electrons. The summed E-state index contributed by atoms with van der Waals surface area (Å²) in [6.45, 7) is 1.54. The molecule has 2 atom stereocenters. The first-order valence-electron chi connectivity index (χ1n) is 7.54. The number of rotatable bonds is 3. The van der Waals surface area contributed by atoms with E-state index in [9.17, 15) is 0 Å². The third kappa shape index (κ3) is 2.29. The number of methoxy groups -OCH3 is 1. The van der Waals surface area contributed by atoms with Crippen LogP contribution in [0.5, 0.6) is 0 Å². The Bertz CT molecular complexity index is 819. The number of hydrogen-bond donors (Lipinski definition) is 2. The van der Waals surface area contributed by atoms with Gasteiger partial charge in [0.05, 0.1) is 23.9 Å². The van der Waals surface area contributed by atoms with Gasteiger partial charge in [-0.2, -0.15) is 15.4 Å². The van der Waals surface area contributed by atoms with E-state index in [0.29, 0.717) is 0 Å². The zero-order chi connectivity index (χ0) is 15.8. The average molecular weight is 310 g/mol. The molecule has 1 saturated heterocycles. The third-order valence-electron chi connectivity index (χ3n) is 4.50. The summed E-state index contributed by atoms with van der Waals surface area (Å²) < 4.78 is 5.66. The molecule has 0 saturated carbocycles. The van der Waals surface area contributed by atoms with Crippen LogP contribution in [-0.4, -0.2) is 46.7 Å². The van der Waals surface area contributed by atoms with Gasteiger partial charge in [0, 0.05) is 42.9 Å². The molecule has 0 radical (unpaired) electrons. The summed E-state index contributed by atoms with van der Waals surface area (Å²) in [4.78, 5) is 6.82. The van der Waals surface area contributed by atoms with Crippen LogP contribution in [0.15, 0.2) is 36.7 Å². The van der Waals surface area contributed by atoms with E-state index in [1.165, 1.54) is 0 Å². The molecule has 0 unspecified atom stereocenters. The van der Waals surface area contributed by atoms with Crippen LogP contribution in [0.25, 0.3) is 10.8 Å². The predicted molar refractivity (Wildman–Crippen MR) is 88.3 cm³/mol. The van der Waals surface area contributed by atoms with Gasteiger partial charge in [-0.3, -0.25) is 0 Å². The van der Waals surface area contributed by atoms with E-state index >= 15 is 0 Å². The first kappa shape index (κ1) is 14.0. The Labute approximate surface area is 133 Å². The lowest BCUT2D eigenvalue weighted by Gasteiger charge is -2.19. The van der Waals surface area contributed by atoms with Crippen molar-refractivity contribution in [3.8, 4) is 0 Å². The number of pyridine rings is 1. The molecule has 1 fully saturated rings. The van der Waals surface area contributed by atoms with Crippen molar-refractivity contribution >= 4 is 22.3 Å². The van der Waals surface area contributed by atoms with Gasteiger partial charge in [-0.15, -0.1) is 0 Å². The number of nitrogens with two attached hydrogens (primary N) is 1. The van der Waals surface area contributed by atoms with Crippen LogP contribution in [0.1, 0.15) is 11.6 Å². The normalized spacial score (nSPS) is 21.2. The Balaban J connectivity index is 1.73. The molecule has 0 bridgehead atoms. The van der Waals surface area contributed by atoms with Crippen LogP contribution in [0, 0.1) is 0 Å². The summed E-state index contributed by atoms with van der Waals surface area (Å²) >= 11 is 0. The summed E-state index contributed by atoms with van der Waals surface area (Å²) in [6, 6.07) is 7.88. The minimum atomic E-state index is 0.0539. The van der Waals surface area contributed by atoms with Gasteiger partial charge in [-0.25, -0.2) is 4.98 Å². The zero-order valence-corrected chi connectivity index (χ0v) is 12.8. The fourth-order valence-electron chi connectivity index (χ4n) is 3.33. The van der Waals surface area contributed by atoms with Crippen molar-refractivity contribution < 1.29 is 4.74 Å². The topological polar surface area (TPSA) is 93.0 Å².